The highest BCUT2D eigenvalue weighted by Gasteiger charge is 2.20. The zero-order valence-electron chi connectivity index (χ0n) is 19.3. The van der Waals surface area contributed by atoms with Crippen LogP contribution in [0.2, 0.25) is 0 Å². The van der Waals surface area contributed by atoms with Crippen LogP contribution in [0.25, 0.3) is 22.5 Å². The van der Waals surface area contributed by atoms with Crippen molar-refractivity contribution in [2.24, 2.45) is 5.73 Å². The molecular weight excluding hydrogens is 442 g/mol. The fourth-order valence-corrected chi connectivity index (χ4v) is 3.68. The van der Waals surface area contributed by atoms with E-state index in [1.54, 1.807) is 37.3 Å². The second-order valence-corrected chi connectivity index (χ2v) is 8.16. The minimum Gasteiger partial charge on any atom is -0.507 e. The van der Waals surface area contributed by atoms with E-state index in [0.29, 0.717) is 34.7 Å². The smallest absolute Gasteiger partial charge is 0.166 e. The average molecular weight is 470 g/mol. The van der Waals surface area contributed by atoms with Crippen molar-refractivity contribution in [1.82, 2.24) is 15.0 Å². The van der Waals surface area contributed by atoms with E-state index in [0.717, 1.165) is 5.56 Å². The molecule has 0 saturated heterocycles. The third-order valence-electron chi connectivity index (χ3n) is 5.40. The number of para-hydroxylation sites is 1. The summed E-state index contributed by atoms with van der Waals surface area (Å²) in [7, 11) is 0. The molecule has 178 valence electrons. The second-order valence-electron chi connectivity index (χ2n) is 8.16. The molecule has 8 N–H and O–H groups in total. The number of hydrogen-bond donors (Lipinski definition) is 5. The lowest BCUT2D eigenvalue weighted by Crippen LogP contribution is -2.30. The maximum absolute atomic E-state index is 10.5. The Morgan fingerprint density at radius 1 is 1.00 bits per heavy atom. The third-order valence-corrected chi connectivity index (χ3v) is 5.40. The predicted molar refractivity (Wildman–Crippen MR) is 137 cm³/mol. The largest absolute Gasteiger partial charge is 0.507 e. The number of phenols is 1. The molecule has 2 aromatic heterocycles. The number of hydrogen-bond acceptors (Lipinski definition) is 9. The lowest BCUT2D eigenvalue weighted by Gasteiger charge is -2.17. The van der Waals surface area contributed by atoms with Gasteiger partial charge in [0, 0.05) is 17.2 Å². The Labute approximate surface area is 203 Å². The number of aromatic nitrogens is 3. The zero-order valence-corrected chi connectivity index (χ0v) is 19.3. The number of rotatable bonds is 8. The van der Waals surface area contributed by atoms with Crippen molar-refractivity contribution < 1.29 is 9.84 Å². The van der Waals surface area contributed by atoms with Gasteiger partial charge in [-0.1, -0.05) is 42.5 Å². The molecule has 35 heavy (non-hydrogen) atoms. The molecule has 4 rings (SSSR count). The van der Waals surface area contributed by atoms with Gasteiger partial charge in [0.25, 0.3) is 0 Å². The molecule has 0 aliphatic rings. The third kappa shape index (κ3) is 5.36. The van der Waals surface area contributed by atoms with Gasteiger partial charge < -0.3 is 32.5 Å². The molecule has 0 saturated carbocycles. The number of nitrogens with two attached hydrogens (primary N) is 3. The molecule has 4 aromatic rings. The van der Waals surface area contributed by atoms with Crippen LogP contribution in [0.3, 0.4) is 0 Å². The molecule has 0 bridgehead atoms. The van der Waals surface area contributed by atoms with Crippen molar-refractivity contribution in [3.05, 3.63) is 78.1 Å². The van der Waals surface area contributed by atoms with Gasteiger partial charge in [-0.15, -0.1) is 0 Å². The van der Waals surface area contributed by atoms with Crippen LogP contribution in [0.4, 0.5) is 11.6 Å². The van der Waals surface area contributed by atoms with E-state index in [1.165, 1.54) is 6.20 Å². The SMILES string of the molecule is CC(=N)c1nc(-c2cc(OCC(N)Cc3ccccc3)c(N)nc2-c2ccccc2O)cnc1N. The van der Waals surface area contributed by atoms with Crippen LogP contribution in [0.15, 0.2) is 66.9 Å². The van der Waals surface area contributed by atoms with Gasteiger partial charge in [-0.25, -0.2) is 15.0 Å². The Morgan fingerprint density at radius 3 is 2.43 bits per heavy atom. The maximum atomic E-state index is 10.5. The molecule has 0 amide bonds. The van der Waals surface area contributed by atoms with Crippen molar-refractivity contribution in [3.63, 3.8) is 0 Å². The van der Waals surface area contributed by atoms with Gasteiger partial charge in [-0.3, -0.25) is 0 Å². The summed E-state index contributed by atoms with van der Waals surface area (Å²) in [6, 6.07) is 18.1. The lowest BCUT2D eigenvalue weighted by molar-refractivity contribution is 0.288. The fourth-order valence-electron chi connectivity index (χ4n) is 3.68. The van der Waals surface area contributed by atoms with Crippen LogP contribution in [-0.4, -0.2) is 38.4 Å². The summed E-state index contributed by atoms with van der Waals surface area (Å²) in [6.07, 6.45) is 2.13. The Morgan fingerprint density at radius 2 is 1.71 bits per heavy atom. The standard InChI is InChI=1S/C26H27N7O2/c1-15(27)23-26(30)31-13-20(32-23)19-12-22(35-14-17(28)11-16-7-3-2-4-8-16)25(29)33-24(19)18-9-5-6-10-21(18)34/h2-10,12-13,17,27,34H,11,14,28H2,1H3,(H2,29,33)(H2,30,31). The number of nitrogens with one attached hydrogen (secondary N) is 1. The summed E-state index contributed by atoms with van der Waals surface area (Å²) in [5.74, 6) is 0.656. The van der Waals surface area contributed by atoms with E-state index in [9.17, 15) is 5.11 Å². The highest BCUT2D eigenvalue weighted by atomic mass is 16.5. The predicted octanol–water partition coefficient (Wildman–Crippen LogP) is 3.41. The first kappa shape index (κ1) is 23.7. The van der Waals surface area contributed by atoms with Crippen LogP contribution in [0.5, 0.6) is 11.5 Å². The minimum absolute atomic E-state index is 0.0334. The molecule has 2 aromatic carbocycles. The molecule has 0 spiro atoms. The number of nitrogens with zero attached hydrogens (tertiary/aromatic N) is 3. The van der Waals surface area contributed by atoms with E-state index in [4.69, 9.17) is 27.3 Å². The first-order valence-corrected chi connectivity index (χ1v) is 11.0. The molecule has 1 atom stereocenters. The normalized spacial score (nSPS) is 11.7. The molecule has 0 aliphatic carbocycles. The van der Waals surface area contributed by atoms with Crippen molar-refractivity contribution in [1.29, 1.82) is 5.41 Å². The van der Waals surface area contributed by atoms with Crippen LogP contribution in [0, 0.1) is 5.41 Å². The number of phenolic OH excluding ortho intramolecular Hbond substituents is 1. The summed E-state index contributed by atoms with van der Waals surface area (Å²) >= 11 is 0. The van der Waals surface area contributed by atoms with Gasteiger partial charge in [0.1, 0.15) is 18.1 Å². The van der Waals surface area contributed by atoms with Gasteiger partial charge in [0.05, 0.1) is 23.3 Å². The van der Waals surface area contributed by atoms with E-state index in [1.807, 2.05) is 30.3 Å². The summed E-state index contributed by atoms with van der Waals surface area (Å²) in [6.45, 7) is 1.80. The van der Waals surface area contributed by atoms with Crippen LogP contribution in [-0.2, 0) is 6.42 Å². The van der Waals surface area contributed by atoms with Crippen molar-refractivity contribution in [2.45, 2.75) is 19.4 Å². The zero-order chi connectivity index (χ0) is 24.9. The number of aromatic hydroxyl groups is 1. The topological polar surface area (TPSA) is 170 Å². The average Bonchev–Trinajstić information content (AvgIpc) is 2.84. The number of benzene rings is 2. The highest BCUT2D eigenvalue weighted by Crippen LogP contribution is 2.38. The lowest BCUT2D eigenvalue weighted by atomic mass is 10.0. The Kier molecular flexibility index (Phi) is 6.88. The Bertz CT molecular complexity index is 1360. The maximum Gasteiger partial charge on any atom is 0.166 e. The molecule has 1 unspecified atom stereocenters. The van der Waals surface area contributed by atoms with E-state index < -0.39 is 0 Å². The number of nitrogen functional groups attached to an aromatic ring is 2. The number of anilines is 2. The summed E-state index contributed by atoms with van der Waals surface area (Å²) in [5.41, 5.74) is 21.8. The molecule has 9 nitrogen and oxygen atoms in total. The molecule has 0 aliphatic heterocycles. The number of ether oxygens (including phenoxy) is 1. The molecule has 2 heterocycles. The van der Waals surface area contributed by atoms with Gasteiger partial charge >= 0.3 is 0 Å². The Balaban J connectivity index is 1.73. The summed E-state index contributed by atoms with van der Waals surface area (Å²) in [4.78, 5) is 13.3. The van der Waals surface area contributed by atoms with E-state index in [-0.39, 0.29) is 41.4 Å². The summed E-state index contributed by atoms with van der Waals surface area (Å²) in [5, 5.41) is 18.5. The molecule has 0 fully saturated rings. The van der Waals surface area contributed by atoms with Crippen LogP contribution < -0.4 is 21.9 Å². The number of pyridine rings is 1. The van der Waals surface area contributed by atoms with Crippen molar-refractivity contribution in [3.8, 4) is 34.0 Å². The minimum atomic E-state index is -0.262. The molecule has 0 radical (unpaired) electrons. The first-order chi connectivity index (χ1) is 16.8. The van der Waals surface area contributed by atoms with Gasteiger partial charge in [0.15, 0.2) is 17.4 Å². The quantitative estimate of drug-likeness (QED) is 0.244. The monoisotopic (exact) mass is 469 g/mol. The Hall–Kier alpha value is -4.50. The molecular formula is C26H27N7O2. The van der Waals surface area contributed by atoms with Gasteiger partial charge in [-0.2, -0.15) is 0 Å². The fraction of sp³-hybridized carbons (Fsp3) is 0.154. The van der Waals surface area contributed by atoms with E-state index >= 15 is 0 Å². The van der Waals surface area contributed by atoms with Crippen molar-refractivity contribution in [2.75, 3.05) is 18.1 Å². The van der Waals surface area contributed by atoms with Crippen LogP contribution in [0.1, 0.15) is 18.2 Å². The van der Waals surface area contributed by atoms with Crippen molar-refractivity contribution >= 4 is 17.3 Å². The van der Waals surface area contributed by atoms with Gasteiger partial charge in [-0.05, 0) is 37.1 Å². The molecule has 9 heteroatoms. The second kappa shape index (κ2) is 10.2. The van der Waals surface area contributed by atoms with E-state index in [2.05, 4.69) is 15.0 Å². The summed E-state index contributed by atoms with van der Waals surface area (Å²) < 4.78 is 5.97. The highest BCUT2D eigenvalue weighted by molar-refractivity contribution is 5.99. The van der Waals surface area contributed by atoms with Crippen LogP contribution >= 0.6 is 0 Å². The first-order valence-electron chi connectivity index (χ1n) is 11.0. The van der Waals surface area contributed by atoms with Gasteiger partial charge in [0.2, 0.25) is 0 Å².